The molecule has 0 rings (SSSR count). The fraction of sp³-hybridized carbons (Fsp3) is 0.887. The number of hydrogen-bond donors (Lipinski definition) is 0. The summed E-state index contributed by atoms with van der Waals surface area (Å²) in [4.78, 5) is 38.0. The van der Waals surface area contributed by atoms with Crippen LogP contribution < -0.4 is 0 Å². The molecule has 0 saturated carbocycles. The van der Waals surface area contributed by atoms with Crippen LogP contribution in [0.5, 0.6) is 0 Å². The molecule has 0 heterocycles. The van der Waals surface area contributed by atoms with Crippen LogP contribution >= 0.6 is 0 Å². The first kappa shape index (κ1) is 65.9. The fourth-order valence-electron chi connectivity index (χ4n) is 9.12. The van der Waals surface area contributed by atoms with Crippen LogP contribution in [0.1, 0.15) is 335 Å². The van der Waals surface area contributed by atoms with Crippen LogP contribution in [-0.2, 0) is 28.6 Å². The summed E-state index contributed by atoms with van der Waals surface area (Å²) in [6, 6.07) is 0. The molecule has 1 atom stereocenters. The molecule has 0 radical (unpaired) electrons. The summed E-state index contributed by atoms with van der Waals surface area (Å²) in [5, 5.41) is 0. The van der Waals surface area contributed by atoms with E-state index in [-0.39, 0.29) is 31.1 Å². The van der Waals surface area contributed by atoms with Crippen molar-refractivity contribution < 1.29 is 28.6 Å². The smallest absolute Gasteiger partial charge is 0.306 e. The Morgan fingerprint density at radius 2 is 0.529 bits per heavy atom. The van der Waals surface area contributed by atoms with Crippen LogP contribution in [0.3, 0.4) is 0 Å². The second-order valence-corrected chi connectivity index (χ2v) is 20.6. The molecule has 0 aliphatic carbocycles. The van der Waals surface area contributed by atoms with E-state index in [1.807, 2.05) is 0 Å². The molecule has 0 aliphatic heterocycles. The Morgan fingerprint density at radius 1 is 0.294 bits per heavy atom. The maximum atomic E-state index is 12.8. The highest BCUT2D eigenvalue weighted by Crippen LogP contribution is 2.17. The van der Waals surface area contributed by atoms with E-state index in [4.69, 9.17) is 14.2 Å². The predicted octanol–water partition coefficient (Wildman–Crippen LogP) is 20.3. The molecule has 0 aliphatic rings. The third kappa shape index (κ3) is 54.8. The minimum absolute atomic E-state index is 0.0679. The third-order valence-electron chi connectivity index (χ3n) is 13.7. The van der Waals surface area contributed by atoms with E-state index >= 15 is 0 Å². The van der Waals surface area contributed by atoms with Crippen LogP contribution in [0, 0.1) is 0 Å². The Labute approximate surface area is 423 Å². The number of allylic oxidation sites excluding steroid dienone is 4. The largest absolute Gasteiger partial charge is 0.462 e. The maximum Gasteiger partial charge on any atom is 0.306 e. The summed E-state index contributed by atoms with van der Waals surface area (Å²) in [5.74, 6) is -0.858. The second-order valence-electron chi connectivity index (χ2n) is 20.6. The molecule has 6 nitrogen and oxygen atoms in total. The molecule has 0 amide bonds. The monoisotopic (exact) mass is 957 g/mol. The molecule has 1 unspecified atom stereocenters. The van der Waals surface area contributed by atoms with Crippen molar-refractivity contribution in [2.24, 2.45) is 0 Å². The molecule has 0 fully saturated rings. The molecule has 0 spiro atoms. The van der Waals surface area contributed by atoms with Crippen molar-refractivity contribution in [3.63, 3.8) is 0 Å². The molecule has 400 valence electrons. The van der Waals surface area contributed by atoms with E-state index in [1.54, 1.807) is 0 Å². The van der Waals surface area contributed by atoms with Gasteiger partial charge in [0.15, 0.2) is 6.10 Å². The van der Waals surface area contributed by atoms with E-state index in [2.05, 4.69) is 45.1 Å². The summed E-state index contributed by atoms with van der Waals surface area (Å²) in [5.41, 5.74) is 0. The lowest BCUT2D eigenvalue weighted by Crippen LogP contribution is -2.30. The number of rotatable bonds is 56. The van der Waals surface area contributed by atoms with Gasteiger partial charge in [-0.2, -0.15) is 0 Å². The molecule has 0 bridgehead atoms. The lowest BCUT2D eigenvalue weighted by Gasteiger charge is -2.18. The van der Waals surface area contributed by atoms with Gasteiger partial charge in [-0.15, -0.1) is 0 Å². The molecule has 0 N–H and O–H groups in total. The zero-order chi connectivity index (χ0) is 49.3. The first-order chi connectivity index (χ1) is 33.5. The second kappa shape index (κ2) is 57.5. The first-order valence-electron chi connectivity index (χ1n) is 30.3. The molecular formula is C62H116O6. The van der Waals surface area contributed by atoms with E-state index in [0.717, 1.165) is 64.2 Å². The van der Waals surface area contributed by atoms with Crippen LogP contribution in [0.25, 0.3) is 0 Å². The summed E-state index contributed by atoms with van der Waals surface area (Å²) < 4.78 is 16.8. The summed E-state index contributed by atoms with van der Waals surface area (Å²) >= 11 is 0. The quantitative estimate of drug-likeness (QED) is 0.0262. The van der Waals surface area contributed by atoms with Gasteiger partial charge in [-0.1, -0.05) is 289 Å². The van der Waals surface area contributed by atoms with Crippen LogP contribution in [0.4, 0.5) is 0 Å². The van der Waals surface area contributed by atoms with Gasteiger partial charge < -0.3 is 14.2 Å². The minimum Gasteiger partial charge on any atom is -0.462 e. The van der Waals surface area contributed by atoms with Crippen LogP contribution in [-0.4, -0.2) is 37.2 Å². The SMILES string of the molecule is CCCCCCC/C=C\C/C=C\CCCCCCCCCCCC(=O)OC(COC(=O)CCCCCCCCC)COC(=O)CCCCCCCCCCCCCCCCCCCCCCCC. The Morgan fingerprint density at radius 3 is 0.809 bits per heavy atom. The van der Waals surface area contributed by atoms with Crippen molar-refractivity contribution in [3.8, 4) is 0 Å². The molecule has 0 aromatic heterocycles. The highest BCUT2D eigenvalue weighted by molar-refractivity contribution is 5.71. The van der Waals surface area contributed by atoms with Crippen molar-refractivity contribution in [3.05, 3.63) is 24.3 Å². The Bertz CT molecular complexity index is 1100. The summed E-state index contributed by atoms with van der Waals surface area (Å²) in [7, 11) is 0. The van der Waals surface area contributed by atoms with Crippen molar-refractivity contribution in [2.75, 3.05) is 13.2 Å². The van der Waals surface area contributed by atoms with Gasteiger partial charge in [0.25, 0.3) is 0 Å². The van der Waals surface area contributed by atoms with Gasteiger partial charge in [0.2, 0.25) is 0 Å². The zero-order valence-corrected chi connectivity index (χ0v) is 45.9. The average Bonchev–Trinajstić information content (AvgIpc) is 3.34. The van der Waals surface area contributed by atoms with Gasteiger partial charge in [-0.05, 0) is 51.4 Å². The summed E-state index contributed by atoms with van der Waals surface area (Å²) in [6.45, 7) is 6.64. The Balaban J connectivity index is 4.12. The van der Waals surface area contributed by atoms with Crippen molar-refractivity contribution in [2.45, 2.75) is 341 Å². The molecule has 68 heavy (non-hydrogen) atoms. The van der Waals surface area contributed by atoms with Gasteiger partial charge in [-0.25, -0.2) is 0 Å². The lowest BCUT2D eigenvalue weighted by atomic mass is 10.0. The number of unbranched alkanes of at least 4 members (excludes halogenated alkanes) is 41. The van der Waals surface area contributed by atoms with Gasteiger partial charge in [0.1, 0.15) is 13.2 Å². The Hall–Kier alpha value is -2.11. The first-order valence-corrected chi connectivity index (χ1v) is 30.3. The number of hydrogen-bond acceptors (Lipinski definition) is 6. The molecule has 6 heteroatoms. The highest BCUT2D eigenvalue weighted by atomic mass is 16.6. The number of esters is 3. The zero-order valence-electron chi connectivity index (χ0n) is 45.9. The fourth-order valence-corrected chi connectivity index (χ4v) is 9.12. The van der Waals surface area contributed by atoms with Gasteiger partial charge in [0.05, 0.1) is 0 Å². The van der Waals surface area contributed by atoms with Crippen LogP contribution in [0.15, 0.2) is 24.3 Å². The standard InChI is InChI=1S/C62H116O6/c1-4-7-10-13-16-18-20-22-24-26-28-30-32-33-35-37-39-41-43-46-49-52-55-61(64)67-58-59(57-66-60(63)54-51-48-45-15-12-9-6-3)68-62(65)56-53-50-47-44-42-40-38-36-34-31-29-27-25-23-21-19-17-14-11-8-5-2/h21,23,27,29,59H,4-20,22,24-26,28,30-58H2,1-3H3/b23-21-,29-27-. The maximum absolute atomic E-state index is 12.8. The van der Waals surface area contributed by atoms with Gasteiger partial charge in [-0.3, -0.25) is 14.4 Å². The molecule has 0 aromatic rings. The van der Waals surface area contributed by atoms with Gasteiger partial charge >= 0.3 is 17.9 Å². The van der Waals surface area contributed by atoms with Crippen LogP contribution in [0.2, 0.25) is 0 Å². The molecular weight excluding hydrogens is 841 g/mol. The minimum atomic E-state index is -0.767. The van der Waals surface area contributed by atoms with E-state index in [9.17, 15) is 14.4 Å². The van der Waals surface area contributed by atoms with Gasteiger partial charge in [0, 0.05) is 19.3 Å². The number of carbonyl (C=O) groups excluding carboxylic acids is 3. The van der Waals surface area contributed by atoms with Crippen molar-refractivity contribution in [1.82, 2.24) is 0 Å². The van der Waals surface area contributed by atoms with Crippen molar-refractivity contribution in [1.29, 1.82) is 0 Å². The lowest BCUT2D eigenvalue weighted by molar-refractivity contribution is -0.167. The summed E-state index contributed by atoms with van der Waals surface area (Å²) in [6.07, 6.45) is 67.7. The topological polar surface area (TPSA) is 78.9 Å². The number of ether oxygens (including phenoxy) is 3. The molecule has 0 saturated heterocycles. The molecule has 0 aromatic carbocycles. The van der Waals surface area contributed by atoms with E-state index in [0.29, 0.717) is 19.3 Å². The Kier molecular flexibility index (Phi) is 55.7. The van der Waals surface area contributed by atoms with E-state index < -0.39 is 6.10 Å². The number of carbonyl (C=O) groups is 3. The normalized spacial score (nSPS) is 12.1. The van der Waals surface area contributed by atoms with Crippen molar-refractivity contribution >= 4 is 17.9 Å². The average molecular weight is 958 g/mol. The third-order valence-corrected chi connectivity index (χ3v) is 13.7. The van der Waals surface area contributed by atoms with E-state index in [1.165, 1.54) is 231 Å². The predicted molar refractivity (Wildman–Crippen MR) is 293 cm³/mol. The highest BCUT2D eigenvalue weighted by Gasteiger charge is 2.19.